The van der Waals surface area contributed by atoms with E-state index in [4.69, 9.17) is 0 Å². The second-order valence-electron chi connectivity index (χ2n) is 6.35. The van der Waals surface area contributed by atoms with Crippen molar-refractivity contribution in [3.05, 3.63) is 83.2 Å². The molecule has 2 aromatic heterocycles. The number of rotatable bonds is 6. The number of aromatic nitrogens is 3. The lowest BCUT2D eigenvalue weighted by Gasteiger charge is -2.18. The van der Waals surface area contributed by atoms with Gasteiger partial charge in [0.15, 0.2) is 0 Å². The van der Waals surface area contributed by atoms with Gasteiger partial charge in [0, 0.05) is 31.2 Å². The zero-order valence-corrected chi connectivity index (χ0v) is 14.6. The van der Waals surface area contributed by atoms with Gasteiger partial charge in [0.1, 0.15) is 5.82 Å². The summed E-state index contributed by atoms with van der Waals surface area (Å²) >= 11 is 0. The van der Waals surface area contributed by atoms with E-state index in [0.717, 1.165) is 36.8 Å². The Morgan fingerprint density at radius 2 is 1.79 bits per heavy atom. The molecule has 0 radical (unpaired) electrons. The zero-order chi connectivity index (χ0) is 16.9. The lowest BCUT2D eigenvalue weighted by atomic mass is 10.2. The van der Waals surface area contributed by atoms with E-state index in [1.54, 1.807) is 0 Å². The molecule has 0 N–H and O–H groups in total. The Balaban J connectivity index is 1.68. The molecule has 3 rings (SSSR count). The molecule has 0 aliphatic rings. The zero-order valence-electron chi connectivity index (χ0n) is 14.6. The van der Waals surface area contributed by atoms with Crippen molar-refractivity contribution < 1.29 is 0 Å². The first-order chi connectivity index (χ1) is 11.6. The van der Waals surface area contributed by atoms with Crippen molar-refractivity contribution in [3.8, 4) is 0 Å². The molecule has 124 valence electrons. The third-order valence-corrected chi connectivity index (χ3v) is 4.17. The highest BCUT2D eigenvalue weighted by Gasteiger charge is 2.10. The lowest BCUT2D eigenvalue weighted by Crippen LogP contribution is -2.21. The van der Waals surface area contributed by atoms with Crippen molar-refractivity contribution in [3.63, 3.8) is 0 Å². The highest BCUT2D eigenvalue weighted by Crippen LogP contribution is 2.12. The molecule has 0 unspecified atom stereocenters. The molecule has 0 aliphatic heterocycles. The first-order valence-electron chi connectivity index (χ1n) is 8.27. The van der Waals surface area contributed by atoms with Crippen LogP contribution >= 0.6 is 0 Å². The second kappa shape index (κ2) is 7.41. The molecular weight excluding hydrogens is 296 g/mol. The molecular formula is C20H24N4. The number of hydrogen-bond acceptors (Lipinski definition) is 3. The first-order valence-corrected chi connectivity index (χ1v) is 8.27. The van der Waals surface area contributed by atoms with Crippen LogP contribution in [0.15, 0.2) is 54.9 Å². The third-order valence-electron chi connectivity index (χ3n) is 4.17. The Hall–Kier alpha value is -2.46. The van der Waals surface area contributed by atoms with Gasteiger partial charge in [-0.25, -0.2) is 4.98 Å². The minimum atomic E-state index is 0.800. The molecule has 0 saturated heterocycles. The fourth-order valence-electron chi connectivity index (χ4n) is 2.81. The van der Waals surface area contributed by atoms with E-state index in [9.17, 15) is 0 Å². The highest BCUT2D eigenvalue weighted by molar-refractivity contribution is 5.21. The Morgan fingerprint density at radius 3 is 2.58 bits per heavy atom. The fourth-order valence-corrected chi connectivity index (χ4v) is 2.81. The Kier molecular flexibility index (Phi) is 5.06. The Morgan fingerprint density at radius 1 is 1.00 bits per heavy atom. The van der Waals surface area contributed by atoms with Gasteiger partial charge in [-0.15, -0.1) is 0 Å². The molecule has 0 spiro atoms. The molecule has 0 saturated carbocycles. The summed E-state index contributed by atoms with van der Waals surface area (Å²) in [7, 11) is 2.12. The maximum absolute atomic E-state index is 4.66. The van der Waals surface area contributed by atoms with Gasteiger partial charge >= 0.3 is 0 Å². The van der Waals surface area contributed by atoms with E-state index < -0.39 is 0 Å². The van der Waals surface area contributed by atoms with Gasteiger partial charge in [-0.2, -0.15) is 0 Å². The number of imidazole rings is 1. The third kappa shape index (κ3) is 4.09. The van der Waals surface area contributed by atoms with Crippen molar-refractivity contribution in [1.29, 1.82) is 0 Å². The molecule has 1 aromatic carbocycles. The van der Waals surface area contributed by atoms with Crippen LogP contribution in [-0.4, -0.2) is 26.5 Å². The van der Waals surface area contributed by atoms with Gasteiger partial charge in [0.05, 0.1) is 12.2 Å². The number of aryl methyl sites for hydroxylation is 2. The molecule has 0 aliphatic carbocycles. The smallest absolute Gasteiger partial charge is 0.123 e. The van der Waals surface area contributed by atoms with Gasteiger partial charge in [0.25, 0.3) is 0 Å². The average molecular weight is 320 g/mol. The first kappa shape index (κ1) is 16.4. The molecule has 3 aromatic rings. The van der Waals surface area contributed by atoms with Gasteiger partial charge < -0.3 is 4.57 Å². The molecule has 0 bridgehead atoms. The van der Waals surface area contributed by atoms with Crippen molar-refractivity contribution >= 4 is 0 Å². The van der Waals surface area contributed by atoms with E-state index in [-0.39, 0.29) is 0 Å². The topological polar surface area (TPSA) is 34.0 Å². The van der Waals surface area contributed by atoms with Crippen LogP contribution in [0.25, 0.3) is 0 Å². The number of hydrogen-bond donors (Lipinski definition) is 0. The SMILES string of the molecule is Cc1ccc(C)c(CN(C)Cc2nccn2Cc2ccccc2)n1. The van der Waals surface area contributed by atoms with Gasteiger partial charge in [0.2, 0.25) is 0 Å². The van der Waals surface area contributed by atoms with Gasteiger partial charge in [-0.05, 0) is 38.1 Å². The summed E-state index contributed by atoms with van der Waals surface area (Å²) in [5.74, 6) is 1.08. The predicted molar refractivity (Wildman–Crippen MR) is 96.7 cm³/mol. The fraction of sp³-hybridized carbons (Fsp3) is 0.300. The normalized spacial score (nSPS) is 11.2. The van der Waals surface area contributed by atoms with E-state index >= 15 is 0 Å². The van der Waals surface area contributed by atoms with Gasteiger partial charge in [-0.3, -0.25) is 9.88 Å². The molecule has 0 fully saturated rings. The largest absolute Gasteiger partial charge is 0.329 e. The highest BCUT2D eigenvalue weighted by atomic mass is 15.2. The predicted octanol–water partition coefficient (Wildman–Crippen LogP) is 3.58. The van der Waals surface area contributed by atoms with E-state index in [0.29, 0.717) is 0 Å². The van der Waals surface area contributed by atoms with Gasteiger partial charge in [-0.1, -0.05) is 36.4 Å². The van der Waals surface area contributed by atoms with E-state index in [1.807, 2.05) is 25.4 Å². The minimum Gasteiger partial charge on any atom is -0.329 e. The molecule has 2 heterocycles. The van der Waals surface area contributed by atoms with Crippen molar-refractivity contribution in [1.82, 2.24) is 19.4 Å². The quantitative estimate of drug-likeness (QED) is 0.696. The monoisotopic (exact) mass is 320 g/mol. The standard InChI is InChI=1S/C20H24N4/c1-16-9-10-17(2)22-19(16)14-23(3)15-20-21-11-12-24(20)13-18-7-5-4-6-8-18/h4-12H,13-15H2,1-3H3. The molecule has 0 amide bonds. The maximum atomic E-state index is 4.66. The van der Waals surface area contributed by atoms with Crippen LogP contribution in [0, 0.1) is 13.8 Å². The summed E-state index contributed by atoms with van der Waals surface area (Å²) in [6.07, 6.45) is 3.93. The number of nitrogens with zero attached hydrogens (tertiary/aromatic N) is 4. The van der Waals surface area contributed by atoms with Crippen LogP contribution in [0.2, 0.25) is 0 Å². The summed E-state index contributed by atoms with van der Waals surface area (Å²) < 4.78 is 2.21. The summed E-state index contributed by atoms with van der Waals surface area (Å²) in [6, 6.07) is 14.7. The van der Waals surface area contributed by atoms with Crippen LogP contribution in [0.5, 0.6) is 0 Å². The van der Waals surface area contributed by atoms with Crippen LogP contribution < -0.4 is 0 Å². The number of benzene rings is 1. The summed E-state index contributed by atoms with van der Waals surface area (Å²) in [4.78, 5) is 11.5. The van der Waals surface area contributed by atoms with E-state index in [2.05, 4.69) is 69.8 Å². The maximum Gasteiger partial charge on any atom is 0.123 e. The summed E-state index contributed by atoms with van der Waals surface area (Å²) in [5.41, 5.74) is 4.73. The Bertz CT molecular complexity index is 792. The minimum absolute atomic E-state index is 0.800. The summed E-state index contributed by atoms with van der Waals surface area (Å²) in [6.45, 7) is 6.63. The van der Waals surface area contributed by atoms with Crippen molar-refractivity contribution in [2.24, 2.45) is 0 Å². The lowest BCUT2D eigenvalue weighted by molar-refractivity contribution is 0.301. The molecule has 4 nitrogen and oxygen atoms in total. The molecule has 24 heavy (non-hydrogen) atoms. The van der Waals surface area contributed by atoms with Crippen LogP contribution in [0.4, 0.5) is 0 Å². The van der Waals surface area contributed by atoms with Crippen LogP contribution in [-0.2, 0) is 19.6 Å². The van der Waals surface area contributed by atoms with E-state index in [1.165, 1.54) is 11.1 Å². The Labute approximate surface area is 143 Å². The molecule has 4 heteroatoms. The molecule has 0 atom stereocenters. The number of pyridine rings is 1. The summed E-state index contributed by atoms with van der Waals surface area (Å²) in [5, 5.41) is 0. The average Bonchev–Trinajstić information content (AvgIpc) is 2.99. The van der Waals surface area contributed by atoms with Crippen LogP contribution in [0.3, 0.4) is 0 Å². The van der Waals surface area contributed by atoms with Crippen molar-refractivity contribution in [2.75, 3.05) is 7.05 Å². The van der Waals surface area contributed by atoms with Crippen molar-refractivity contribution in [2.45, 2.75) is 33.5 Å². The van der Waals surface area contributed by atoms with Crippen LogP contribution in [0.1, 0.15) is 28.3 Å². The second-order valence-corrected chi connectivity index (χ2v) is 6.35.